The van der Waals surface area contributed by atoms with Gasteiger partial charge in [-0.15, -0.1) is 34.2 Å². The molecule has 0 radical (unpaired) electrons. The van der Waals surface area contributed by atoms with E-state index in [9.17, 15) is 0 Å². The number of aliphatic imine (C=N–C) groups is 1. The summed E-state index contributed by atoms with van der Waals surface area (Å²) in [7, 11) is 0. The summed E-state index contributed by atoms with van der Waals surface area (Å²) < 4.78 is 0. The summed E-state index contributed by atoms with van der Waals surface area (Å²) in [4.78, 5) is 4.32. The van der Waals surface area contributed by atoms with E-state index in [4.69, 9.17) is 28.9 Å². The van der Waals surface area contributed by atoms with Gasteiger partial charge in [0.25, 0.3) is 0 Å². The first-order valence-electron chi connectivity index (χ1n) is 7.51. The highest BCUT2D eigenvalue weighted by atomic mass is 127. The van der Waals surface area contributed by atoms with Crippen LogP contribution in [0.4, 0.5) is 0 Å². The Labute approximate surface area is 179 Å². The van der Waals surface area contributed by atoms with E-state index >= 15 is 0 Å². The Kier molecular flexibility index (Phi) is 8.37. The van der Waals surface area contributed by atoms with E-state index in [1.54, 1.807) is 23.5 Å². The van der Waals surface area contributed by atoms with Crippen molar-refractivity contribution in [2.45, 2.75) is 45.7 Å². The Morgan fingerprint density at radius 3 is 2.56 bits per heavy atom. The normalized spacial score (nSPS) is 13.3. The molecule has 0 amide bonds. The third-order valence-corrected chi connectivity index (χ3v) is 5.18. The molecule has 0 saturated carbocycles. The molecule has 9 heteroatoms. The first kappa shape index (κ1) is 22.4. The summed E-state index contributed by atoms with van der Waals surface area (Å²) in [6.07, 6.45) is 0. The van der Waals surface area contributed by atoms with Crippen molar-refractivity contribution in [2.24, 2.45) is 10.7 Å². The van der Waals surface area contributed by atoms with Crippen LogP contribution >= 0.6 is 58.5 Å². The third-order valence-electron chi connectivity index (χ3n) is 3.29. The second-order valence-electron chi connectivity index (χ2n) is 6.48. The average Bonchev–Trinajstić information content (AvgIpc) is 2.93. The molecule has 0 spiro atoms. The fourth-order valence-corrected chi connectivity index (χ4v) is 3.37. The van der Waals surface area contributed by atoms with Gasteiger partial charge in [-0.25, -0.2) is 4.99 Å². The lowest BCUT2D eigenvalue weighted by Gasteiger charge is -2.16. The minimum absolute atomic E-state index is 0. The van der Waals surface area contributed by atoms with Crippen molar-refractivity contribution in [1.29, 1.82) is 0 Å². The van der Waals surface area contributed by atoms with Crippen LogP contribution in [0.2, 0.25) is 10.0 Å². The van der Waals surface area contributed by atoms with E-state index in [1.807, 2.05) is 13.0 Å². The third kappa shape index (κ3) is 6.54. The SMILES string of the molecule is CC(NC(N)=NCc1nnc(C(C)(C)C)s1)c1ccc(Cl)cc1Cl.I. The first-order chi connectivity index (χ1) is 11.2. The molecule has 1 aromatic carbocycles. The van der Waals surface area contributed by atoms with Gasteiger partial charge in [0.2, 0.25) is 0 Å². The van der Waals surface area contributed by atoms with Crippen LogP contribution < -0.4 is 11.1 Å². The molecule has 2 rings (SSSR count). The number of nitrogens with zero attached hydrogens (tertiary/aromatic N) is 3. The molecular weight excluding hydrogens is 492 g/mol. The fourth-order valence-electron chi connectivity index (χ4n) is 1.97. The van der Waals surface area contributed by atoms with Crippen molar-refractivity contribution >= 4 is 64.5 Å². The van der Waals surface area contributed by atoms with Crippen molar-refractivity contribution in [3.63, 3.8) is 0 Å². The van der Waals surface area contributed by atoms with Crippen LogP contribution in [-0.2, 0) is 12.0 Å². The van der Waals surface area contributed by atoms with E-state index in [2.05, 4.69) is 41.3 Å². The first-order valence-corrected chi connectivity index (χ1v) is 9.08. The van der Waals surface area contributed by atoms with Gasteiger partial charge in [-0.05, 0) is 24.6 Å². The lowest BCUT2D eigenvalue weighted by molar-refractivity contribution is 0.577. The van der Waals surface area contributed by atoms with Crippen molar-refractivity contribution in [3.05, 3.63) is 43.8 Å². The summed E-state index contributed by atoms with van der Waals surface area (Å²) in [5, 5.41) is 14.5. The molecule has 25 heavy (non-hydrogen) atoms. The van der Waals surface area contributed by atoms with Crippen LogP contribution in [0.25, 0.3) is 0 Å². The Balaban J connectivity index is 0.00000312. The maximum Gasteiger partial charge on any atom is 0.189 e. The van der Waals surface area contributed by atoms with Gasteiger partial charge in [0.05, 0.1) is 12.6 Å². The molecule has 1 aromatic heterocycles. The predicted octanol–water partition coefficient (Wildman–Crippen LogP) is 4.93. The van der Waals surface area contributed by atoms with Crippen LogP contribution in [0.3, 0.4) is 0 Å². The number of benzene rings is 1. The molecule has 1 atom stereocenters. The van der Waals surface area contributed by atoms with Gasteiger partial charge in [0, 0.05) is 15.5 Å². The van der Waals surface area contributed by atoms with Gasteiger partial charge < -0.3 is 11.1 Å². The topological polar surface area (TPSA) is 76.2 Å². The molecular formula is C16H22Cl2IN5S. The Morgan fingerprint density at radius 2 is 2.00 bits per heavy atom. The quantitative estimate of drug-likeness (QED) is 0.345. The molecule has 0 bridgehead atoms. The molecule has 0 aliphatic heterocycles. The molecule has 0 saturated heterocycles. The van der Waals surface area contributed by atoms with Gasteiger partial charge >= 0.3 is 0 Å². The summed E-state index contributed by atoms with van der Waals surface area (Å²) in [5.74, 6) is 0.334. The second kappa shape index (κ2) is 9.34. The largest absolute Gasteiger partial charge is 0.370 e. The molecule has 2 aromatic rings. The van der Waals surface area contributed by atoms with E-state index in [1.165, 1.54) is 0 Å². The number of halogens is 3. The number of rotatable bonds is 4. The molecule has 0 aliphatic rings. The minimum atomic E-state index is -0.0851. The van der Waals surface area contributed by atoms with Crippen LogP contribution in [0.1, 0.15) is 49.3 Å². The standard InChI is InChI=1S/C16H21Cl2N5S.HI/c1-9(11-6-5-10(17)7-12(11)18)21-15(19)20-8-13-22-23-14(24-13)16(2,3)4;/h5-7,9H,8H2,1-4H3,(H3,19,20,21);1H. The number of nitrogens with two attached hydrogens (primary N) is 1. The fraction of sp³-hybridized carbons (Fsp3) is 0.438. The second-order valence-corrected chi connectivity index (χ2v) is 8.39. The zero-order valence-corrected chi connectivity index (χ0v) is 19.2. The van der Waals surface area contributed by atoms with Crippen molar-refractivity contribution in [1.82, 2.24) is 15.5 Å². The zero-order chi connectivity index (χ0) is 17.9. The smallest absolute Gasteiger partial charge is 0.189 e. The molecule has 5 nitrogen and oxygen atoms in total. The zero-order valence-electron chi connectivity index (χ0n) is 14.5. The lowest BCUT2D eigenvalue weighted by Crippen LogP contribution is -2.34. The monoisotopic (exact) mass is 513 g/mol. The van der Waals surface area contributed by atoms with Crippen LogP contribution in [0.15, 0.2) is 23.2 Å². The van der Waals surface area contributed by atoms with E-state index in [0.29, 0.717) is 22.5 Å². The number of hydrogen-bond acceptors (Lipinski definition) is 4. The molecule has 1 unspecified atom stereocenters. The highest BCUT2D eigenvalue weighted by molar-refractivity contribution is 14.0. The molecule has 0 aliphatic carbocycles. The maximum atomic E-state index is 6.20. The van der Waals surface area contributed by atoms with E-state index in [-0.39, 0.29) is 35.4 Å². The van der Waals surface area contributed by atoms with Gasteiger partial charge in [-0.3, -0.25) is 0 Å². The van der Waals surface area contributed by atoms with Gasteiger partial charge in [0.15, 0.2) is 5.96 Å². The van der Waals surface area contributed by atoms with Crippen LogP contribution in [-0.4, -0.2) is 16.2 Å². The Bertz CT molecular complexity index is 742. The number of nitrogens with one attached hydrogen (secondary N) is 1. The summed E-state index contributed by atoms with van der Waals surface area (Å²) >= 11 is 13.7. The Morgan fingerprint density at radius 1 is 1.32 bits per heavy atom. The van der Waals surface area contributed by atoms with Gasteiger partial charge in [-0.1, -0.05) is 61.4 Å². The molecule has 138 valence electrons. The van der Waals surface area contributed by atoms with Crippen molar-refractivity contribution in [3.8, 4) is 0 Å². The summed E-state index contributed by atoms with van der Waals surface area (Å²) in [5.41, 5.74) is 6.86. The average molecular weight is 514 g/mol. The maximum absolute atomic E-state index is 6.20. The lowest BCUT2D eigenvalue weighted by atomic mass is 9.98. The highest BCUT2D eigenvalue weighted by Crippen LogP contribution is 2.27. The molecule has 1 heterocycles. The van der Waals surface area contributed by atoms with Gasteiger partial charge in [0.1, 0.15) is 10.0 Å². The Hall–Kier alpha value is -0.640. The minimum Gasteiger partial charge on any atom is -0.370 e. The van der Waals surface area contributed by atoms with E-state index < -0.39 is 0 Å². The summed E-state index contributed by atoms with van der Waals surface area (Å²) in [6, 6.07) is 5.29. The molecule has 0 fully saturated rings. The van der Waals surface area contributed by atoms with E-state index in [0.717, 1.165) is 15.6 Å². The van der Waals surface area contributed by atoms with Crippen molar-refractivity contribution in [2.75, 3.05) is 0 Å². The highest BCUT2D eigenvalue weighted by Gasteiger charge is 2.19. The van der Waals surface area contributed by atoms with Crippen molar-refractivity contribution < 1.29 is 0 Å². The van der Waals surface area contributed by atoms with Crippen LogP contribution in [0, 0.1) is 0 Å². The van der Waals surface area contributed by atoms with Gasteiger partial charge in [-0.2, -0.15) is 0 Å². The number of aromatic nitrogens is 2. The predicted molar refractivity (Wildman–Crippen MR) is 117 cm³/mol. The number of guanidine groups is 1. The number of hydrogen-bond donors (Lipinski definition) is 2. The summed E-state index contributed by atoms with van der Waals surface area (Å²) in [6.45, 7) is 8.67. The van der Waals surface area contributed by atoms with Crippen LogP contribution in [0.5, 0.6) is 0 Å². The molecule has 3 N–H and O–H groups in total.